The SMILES string of the molecule is C=CCNC(=O)C(=O)C(CCCC)NC(=O)C1CCCN1C(=O)C(NC(=O)NCC(=O)O)C1CCCCC1. The summed E-state index contributed by atoms with van der Waals surface area (Å²) in [5.74, 6) is -3.81. The van der Waals surface area contributed by atoms with E-state index in [1.807, 2.05) is 6.92 Å². The summed E-state index contributed by atoms with van der Waals surface area (Å²) in [4.78, 5) is 76.6. The van der Waals surface area contributed by atoms with Crippen LogP contribution in [0.15, 0.2) is 12.7 Å². The molecule has 3 unspecified atom stereocenters. The Kier molecular flexibility index (Phi) is 12.7. The molecule has 2 rings (SSSR count). The van der Waals surface area contributed by atoms with Gasteiger partial charge in [-0.3, -0.25) is 24.0 Å². The summed E-state index contributed by atoms with van der Waals surface area (Å²) in [7, 11) is 0. The molecule has 0 spiro atoms. The molecule has 0 aromatic heterocycles. The van der Waals surface area contributed by atoms with Crippen LogP contribution in [0.4, 0.5) is 4.79 Å². The molecule has 12 heteroatoms. The molecular formula is C26H41N5O7. The van der Waals surface area contributed by atoms with Gasteiger partial charge in [-0.15, -0.1) is 6.58 Å². The number of hydrogen-bond donors (Lipinski definition) is 5. The fraction of sp³-hybridized carbons (Fsp3) is 0.692. The normalized spacial score (nSPS) is 19.1. The van der Waals surface area contributed by atoms with Crippen LogP contribution in [0.25, 0.3) is 0 Å². The molecular weight excluding hydrogens is 494 g/mol. The van der Waals surface area contributed by atoms with E-state index in [0.29, 0.717) is 32.2 Å². The van der Waals surface area contributed by atoms with Crippen LogP contribution in [0.5, 0.6) is 0 Å². The first-order valence-electron chi connectivity index (χ1n) is 13.5. The number of ketones is 1. The summed E-state index contributed by atoms with van der Waals surface area (Å²) in [6.45, 7) is 5.29. The van der Waals surface area contributed by atoms with Crippen molar-refractivity contribution in [1.82, 2.24) is 26.2 Å². The second-order valence-corrected chi connectivity index (χ2v) is 9.85. The van der Waals surface area contributed by atoms with Crippen LogP contribution in [0.3, 0.4) is 0 Å². The van der Waals surface area contributed by atoms with E-state index < -0.39 is 60.2 Å². The summed E-state index contributed by atoms with van der Waals surface area (Å²) in [5.41, 5.74) is 0. The number of likely N-dealkylation sites (tertiary alicyclic amines) is 1. The lowest BCUT2D eigenvalue weighted by atomic mass is 9.83. The first kappa shape index (κ1) is 30.8. The van der Waals surface area contributed by atoms with E-state index in [0.717, 1.165) is 38.5 Å². The number of nitrogens with zero attached hydrogens (tertiary/aromatic N) is 1. The molecule has 0 bridgehead atoms. The summed E-state index contributed by atoms with van der Waals surface area (Å²) in [6, 6.07) is -3.52. The molecule has 0 aromatic carbocycles. The molecule has 212 valence electrons. The van der Waals surface area contributed by atoms with Gasteiger partial charge in [0, 0.05) is 13.1 Å². The summed E-state index contributed by atoms with van der Waals surface area (Å²) in [6.07, 6.45) is 8.39. The molecule has 1 aliphatic heterocycles. The van der Waals surface area contributed by atoms with Crippen LogP contribution < -0.4 is 21.3 Å². The van der Waals surface area contributed by atoms with Gasteiger partial charge in [0.15, 0.2) is 0 Å². The number of Topliss-reactive ketones (excluding diaryl/α,β-unsaturated/α-hetero) is 1. The molecule has 38 heavy (non-hydrogen) atoms. The minimum absolute atomic E-state index is 0.125. The Bertz CT molecular complexity index is 887. The van der Waals surface area contributed by atoms with Crippen LogP contribution in [-0.4, -0.2) is 83.3 Å². The molecule has 0 aromatic rings. The predicted molar refractivity (Wildman–Crippen MR) is 139 cm³/mol. The smallest absolute Gasteiger partial charge is 0.323 e. The third-order valence-electron chi connectivity index (χ3n) is 7.02. The Morgan fingerprint density at radius 1 is 1.00 bits per heavy atom. The number of amides is 5. The van der Waals surface area contributed by atoms with Crippen molar-refractivity contribution in [3.8, 4) is 0 Å². The zero-order valence-electron chi connectivity index (χ0n) is 22.1. The number of carboxylic acid groups (broad SMARTS) is 1. The second-order valence-electron chi connectivity index (χ2n) is 9.85. The zero-order chi connectivity index (χ0) is 28.1. The van der Waals surface area contributed by atoms with Gasteiger partial charge < -0.3 is 31.3 Å². The number of unbranched alkanes of at least 4 members (excludes halogenated alkanes) is 1. The van der Waals surface area contributed by atoms with Crippen molar-refractivity contribution in [2.75, 3.05) is 19.6 Å². The molecule has 12 nitrogen and oxygen atoms in total. The number of aliphatic carboxylic acids is 1. The quantitative estimate of drug-likeness (QED) is 0.162. The highest BCUT2D eigenvalue weighted by Gasteiger charge is 2.41. The first-order valence-corrected chi connectivity index (χ1v) is 13.5. The maximum absolute atomic E-state index is 13.7. The Morgan fingerprint density at radius 3 is 2.34 bits per heavy atom. The highest BCUT2D eigenvalue weighted by molar-refractivity contribution is 6.38. The van der Waals surface area contributed by atoms with Crippen molar-refractivity contribution in [3.63, 3.8) is 0 Å². The maximum atomic E-state index is 13.7. The standard InChI is InChI=1S/C26H41N5O7/c1-3-5-12-18(22(34)24(36)27-14-4-2)29-23(35)19-13-9-15-31(19)25(37)21(17-10-7-6-8-11-17)30-26(38)28-16-20(32)33/h4,17-19,21H,2-3,5-16H2,1H3,(H,27,36)(H,29,35)(H,32,33)(H2,28,30,38). The summed E-state index contributed by atoms with van der Waals surface area (Å²) in [5, 5.41) is 18.9. The number of nitrogens with one attached hydrogen (secondary N) is 4. The van der Waals surface area contributed by atoms with Crippen LogP contribution in [0.1, 0.15) is 71.1 Å². The van der Waals surface area contributed by atoms with Gasteiger partial charge in [-0.25, -0.2) is 4.79 Å². The van der Waals surface area contributed by atoms with Crippen LogP contribution in [-0.2, 0) is 24.0 Å². The monoisotopic (exact) mass is 535 g/mol. The zero-order valence-corrected chi connectivity index (χ0v) is 22.1. The lowest BCUT2D eigenvalue weighted by Gasteiger charge is -2.34. The van der Waals surface area contributed by atoms with Gasteiger partial charge in [0.2, 0.25) is 17.6 Å². The van der Waals surface area contributed by atoms with E-state index in [2.05, 4.69) is 27.8 Å². The molecule has 5 N–H and O–H groups in total. The lowest BCUT2D eigenvalue weighted by Crippen LogP contribution is -2.59. The Balaban J connectivity index is 2.16. The van der Waals surface area contributed by atoms with Crippen LogP contribution in [0, 0.1) is 5.92 Å². The third-order valence-corrected chi connectivity index (χ3v) is 7.02. The number of urea groups is 1. The fourth-order valence-electron chi connectivity index (χ4n) is 5.03. The van der Waals surface area contributed by atoms with Crippen molar-refractivity contribution in [2.45, 2.75) is 89.3 Å². The van der Waals surface area contributed by atoms with E-state index in [9.17, 15) is 28.8 Å². The van der Waals surface area contributed by atoms with E-state index in [-0.39, 0.29) is 12.5 Å². The maximum Gasteiger partial charge on any atom is 0.323 e. The summed E-state index contributed by atoms with van der Waals surface area (Å²) < 4.78 is 0. The van der Waals surface area contributed by atoms with E-state index >= 15 is 0 Å². The Labute approximate surface area is 223 Å². The topological polar surface area (TPSA) is 174 Å². The van der Waals surface area contributed by atoms with E-state index in [4.69, 9.17) is 5.11 Å². The minimum atomic E-state index is -1.21. The van der Waals surface area contributed by atoms with Gasteiger partial charge in [-0.1, -0.05) is 45.1 Å². The van der Waals surface area contributed by atoms with Crippen molar-refractivity contribution in [3.05, 3.63) is 12.7 Å². The number of carboxylic acids is 1. The number of rotatable bonds is 14. The van der Waals surface area contributed by atoms with E-state index in [1.54, 1.807) is 0 Å². The molecule has 3 atom stereocenters. The Hall–Kier alpha value is -3.44. The molecule has 1 aliphatic carbocycles. The second kappa shape index (κ2) is 15.7. The molecule has 1 heterocycles. The first-order chi connectivity index (χ1) is 18.2. The molecule has 1 saturated heterocycles. The average Bonchev–Trinajstić information content (AvgIpc) is 3.41. The van der Waals surface area contributed by atoms with Gasteiger partial charge in [0.25, 0.3) is 5.91 Å². The molecule has 2 fully saturated rings. The van der Waals surface area contributed by atoms with Crippen molar-refractivity contribution in [2.24, 2.45) is 5.92 Å². The van der Waals surface area contributed by atoms with Crippen molar-refractivity contribution in [1.29, 1.82) is 0 Å². The third kappa shape index (κ3) is 9.14. The number of carbonyl (C=O) groups is 6. The van der Waals surface area contributed by atoms with Gasteiger partial charge in [-0.2, -0.15) is 0 Å². The number of carbonyl (C=O) groups excluding carboxylic acids is 5. The van der Waals surface area contributed by atoms with Gasteiger partial charge in [0.05, 0.1) is 6.04 Å². The van der Waals surface area contributed by atoms with Gasteiger partial charge in [-0.05, 0) is 38.0 Å². The largest absolute Gasteiger partial charge is 0.480 e. The average molecular weight is 536 g/mol. The lowest BCUT2D eigenvalue weighted by molar-refractivity contribution is -0.143. The van der Waals surface area contributed by atoms with Crippen molar-refractivity contribution >= 4 is 35.5 Å². The Morgan fingerprint density at radius 2 is 1.71 bits per heavy atom. The highest BCUT2D eigenvalue weighted by atomic mass is 16.4. The van der Waals surface area contributed by atoms with Gasteiger partial charge >= 0.3 is 12.0 Å². The minimum Gasteiger partial charge on any atom is -0.480 e. The molecule has 5 amide bonds. The number of hydrogen-bond acceptors (Lipinski definition) is 6. The fourth-order valence-corrected chi connectivity index (χ4v) is 5.03. The predicted octanol–water partition coefficient (Wildman–Crippen LogP) is 0.856. The van der Waals surface area contributed by atoms with Gasteiger partial charge in [0.1, 0.15) is 18.6 Å². The highest BCUT2D eigenvalue weighted by Crippen LogP contribution is 2.29. The molecule has 2 aliphatic rings. The summed E-state index contributed by atoms with van der Waals surface area (Å²) >= 11 is 0. The van der Waals surface area contributed by atoms with Crippen molar-refractivity contribution < 1.29 is 33.9 Å². The van der Waals surface area contributed by atoms with Crippen LogP contribution in [0.2, 0.25) is 0 Å². The van der Waals surface area contributed by atoms with Crippen LogP contribution >= 0.6 is 0 Å². The molecule has 1 saturated carbocycles. The molecule has 0 radical (unpaired) electrons. The van der Waals surface area contributed by atoms with E-state index in [1.165, 1.54) is 11.0 Å².